The Labute approximate surface area is 195 Å². The van der Waals surface area contributed by atoms with Crippen molar-refractivity contribution in [3.63, 3.8) is 0 Å². The van der Waals surface area contributed by atoms with Crippen LogP contribution in [0.15, 0.2) is 66.3 Å². The number of H-pyrrole nitrogens is 1. The molecule has 2 aromatic carbocycles. The van der Waals surface area contributed by atoms with Gasteiger partial charge in [0.15, 0.2) is 4.96 Å². The Morgan fingerprint density at radius 2 is 1.91 bits per heavy atom. The van der Waals surface area contributed by atoms with Gasteiger partial charge in [-0.15, -0.1) is 11.3 Å². The Balaban J connectivity index is 1.29. The molecule has 0 atom stereocenters. The van der Waals surface area contributed by atoms with Gasteiger partial charge in [-0.05, 0) is 12.1 Å². The molecule has 1 saturated heterocycles. The zero-order valence-corrected chi connectivity index (χ0v) is 18.9. The maximum Gasteiger partial charge on any atom is 0.257 e. The van der Waals surface area contributed by atoms with Gasteiger partial charge in [-0.2, -0.15) is 0 Å². The van der Waals surface area contributed by atoms with Crippen LogP contribution in [-0.2, 0) is 6.54 Å². The number of fused-ring (bicyclic) bond motifs is 2. The van der Waals surface area contributed by atoms with Crippen LogP contribution in [0.3, 0.4) is 0 Å². The smallest absolute Gasteiger partial charge is 0.257 e. The molecule has 8 heteroatoms. The first-order valence-electron chi connectivity index (χ1n) is 11.1. The predicted octanol–water partition coefficient (Wildman–Crippen LogP) is 4.20. The van der Waals surface area contributed by atoms with Crippen molar-refractivity contribution in [3.8, 4) is 11.3 Å². The molecular weight excluding hydrogens is 432 g/mol. The number of piperazine rings is 1. The summed E-state index contributed by atoms with van der Waals surface area (Å²) < 4.78 is 2.18. The molecule has 33 heavy (non-hydrogen) atoms. The lowest BCUT2D eigenvalue weighted by Gasteiger charge is -2.26. The summed E-state index contributed by atoms with van der Waals surface area (Å²) in [7, 11) is 0. The number of carbonyl (C=O) groups excluding carboxylic acids is 1. The lowest BCUT2D eigenvalue weighted by molar-refractivity contribution is 0.102. The Morgan fingerprint density at radius 1 is 1.09 bits per heavy atom. The number of aromatic amines is 1. The Bertz CT molecular complexity index is 1440. The quantitative estimate of drug-likeness (QED) is 0.370. The number of benzene rings is 2. The second kappa shape index (κ2) is 8.47. The van der Waals surface area contributed by atoms with Crippen molar-refractivity contribution < 1.29 is 4.79 Å². The fraction of sp³-hybridized carbons (Fsp3) is 0.200. The van der Waals surface area contributed by atoms with Gasteiger partial charge >= 0.3 is 0 Å². The van der Waals surface area contributed by atoms with Gasteiger partial charge < -0.3 is 15.6 Å². The lowest BCUT2D eigenvalue weighted by Crippen LogP contribution is -2.43. The van der Waals surface area contributed by atoms with Crippen LogP contribution in [0.1, 0.15) is 16.1 Å². The predicted molar refractivity (Wildman–Crippen MR) is 133 cm³/mol. The van der Waals surface area contributed by atoms with E-state index < -0.39 is 0 Å². The number of anilines is 1. The van der Waals surface area contributed by atoms with Crippen LogP contribution in [0, 0.1) is 0 Å². The van der Waals surface area contributed by atoms with Gasteiger partial charge in [-0.25, -0.2) is 4.98 Å². The van der Waals surface area contributed by atoms with Gasteiger partial charge in [-0.1, -0.05) is 36.4 Å². The third-order valence-electron chi connectivity index (χ3n) is 6.16. The molecule has 0 radical (unpaired) electrons. The van der Waals surface area contributed by atoms with E-state index in [9.17, 15) is 4.79 Å². The minimum Gasteiger partial charge on any atom is -0.360 e. The third kappa shape index (κ3) is 3.82. The van der Waals surface area contributed by atoms with Gasteiger partial charge in [0.1, 0.15) is 0 Å². The topological polar surface area (TPSA) is 77.5 Å². The summed E-state index contributed by atoms with van der Waals surface area (Å²) in [5.74, 6) is -0.139. The summed E-state index contributed by atoms with van der Waals surface area (Å²) in [5.41, 5.74) is 5.35. The monoisotopic (exact) mass is 456 g/mol. The molecular formula is C25H24N6OS. The molecule has 4 heterocycles. The zero-order valence-electron chi connectivity index (χ0n) is 18.0. The van der Waals surface area contributed by atoms with Crippen LogP contribution in [0.25, 0.3) is 27.1 Å². The Hall–Kier alpha value is -3.46. The van der Waals surface area contributed by atoms with Crippen LogP contribution < -0.4 is 10.6 Å². The molecule has 0 aliphatic carbocycles. The summed E-state index contributed by atoms with van der Waals surface area (Å²) in [6.45, 7) is 5.09. The van der Waals surface area contributed by atoms with E-state index >= 15 is 0 Å². The van der Waals surface area contributed by atoms with E-state index in [1.807, 2.05) is 48.5 Å². The van der Waals surface area contributed by atoms with E-state index in [1.54, 1.807) is 17.5 Å². The van der Waals surface area contributed by atoms with Crippen molar-refractivity contribution in [2.24, 2.45) is 0 Å². The summed E-state index contributed by atoms with van der Waals surface area (Å²) in [6, 6.07) is 15.7. The fourth-order valence-electron chi connectivity index (χ4n) is 4.44. The number of hydrogen-bond donors (Lipinski definition) is 3. The van der Waals surface area contributed by atoms with Crippen LogP contribution >= 0.6 is 11.3 Å². The van der Waals surface area contributed by atoms with Crippen molar-refractivity contribution in [1.29, 1.82) is 0 Å². The van der Waals surface area contributed by atoms with Crippen LogP contribution in [0.4, 0.5) is 5.69 Å². The largest absolute Gasteiger partial charge is 0.360 e. The van der Waals surface area contributed by atoms with Crippen molar-refractivity contribution in [2.75, 3.05) is 31.5 Å². The normalized spacial score (nSPS) is 14.8. The highest BCUT2D eigenvalue weighted by atomic mass is 32.1. The first-order valence-corrected chi connectivity index (χ1v) is 12.0. The van der Waals surface area contributed by atoms with Gasteiger partial charge in [-0.3, -0.25) is 14.1 Å². The molecule has 1 aliphatic rings. The molecule has 5 aromatic rings. The molecule has 0 unspecified atom stereocenters. The number of aromatic nitrogens is 3. The average molecular weight is 457 g/mol. The minimum atomic E-state index is -0.139. The molecule has 1 amide bonds. The lowest BCUT2D eigenvalue weighted by atomic mass is 10.1. The van der Waals surface area contributed by atoms with Crippen molar-refractivity contribution in [2.45, 2.75) is 6.54 Å². The molecule has 3 aromatic heterocycles. The molecule has 1 aliphatic heterocycles. The first-order chi connectivity index (χ1) is 16.3. The van der Waals surface area contributed by atoms with E-state index in [0.717, 1.165) is 65.5 Å². The second-order valence-corrected chi connectivity index (χ2v) is 9.12. The Morgan fingerprint density at radius 3 is 2.82 bits per heavy atom. The number of nitrogens with one attached hydrogen (secondary N) is 3. The van der Waals surface area contributed by atoms with Crippen molar-refractivity contribution in [3.05, 3.63) is 77.6 Å². The number of amides is 1. The number of para-hydroxylation sites is 2. The summed E-state index contributed by atoms with van der Waals surface area (Å²) in [5, 5.41) is 9.61. The van der Waals surface area contributed by atoms with E-state index in [-0.39, 0.29) is 5.91 Å². The minimum absolute atomic E-state index is 0.139. The first kappa shape index (κ1) is 20.2. The standard InChI is InChI=1S/C25H24N6OS/c32-24(20-13-27-21-7-3-1-5-18(20)21)28-22-8-4-2-6-19(22)23-15-31-17(16-33-25(31)29-23)14-30-11-9-26-10-12-30/h1-8,13,15-16,26-27H,9-12,14H2,(H,28,32). The summed E-state index contributed by atoms with van der Waals surface area (Å²) >= 11 is 1.66. The molecule has 3 N–H and O–H groups in total. The number of rotatable bonds is 5. The fourth-order valence-corrected chi connectivity index (χ4v) is 5.30. The van der Waals surface area contributed by atoms with E-state index in [4.69, 9.17) is 4.98 Å². The van der Waals surface area contributed by atoms with E-state index in [0.29, 0.717) is 5.56 Å². The second-order valence-electron chi connectivity index (χ2n) is 8.28. The molecule has 1 fully saturated rings. The zero-order chi connectivity index (χ0) is 22.2. The number of imidazole rings is 1. The van der Waals surface area contributed by atoms with E-state index in [2.05, 4.69) is 36.5 Å². The van der Waals surface area contributed by atoms with Gasteiger partial charge in [0.2, 0.25) is 0 Å². The number of thiazole rings is 1. The molecule has 0 bridgehead atoms. The maximum absolute atomic E-state index is 13.1. The molecule has 0 saturated carbocycles. The number of hydrogen-bond acceptors (Lipinski definition) is 5. The third-order valence-corrected chi connectivity index (χ3v) is 7.05. The van der Waals surface area contributed by atoms with Gasteiger partial charge in [0, 0.05) is 72.7 Å². The average Bonchev–Trinajstić information content (AvgIpc) is 3.56. The van der Waals surface area contributed by atoms with E-state index in [1.165, 1.54) is 5.69 Å². The van der Waals surface area contributed by atoms with Crippen LogP contribution in [0.2, 0.25) is 0 Å². The maximum atomic E-state index is 13.1. The SMILES string of the molecule is O=C(Nc1ccccc1-c1cn2c(CN3CCNCC3)csc2n1)c1c[nH]c2ccccc12. The van der Waals surface area contributed by atoms with Crippen molar-refractivity contribution >= 4 is 38.8 Å². The van der Waals surface area contributed by atoms with Crippen LogP contribution in [-0.4, -0.2) is 51.4 Å². The molecule has 0 spiro atoms. The molecule has 166 valence electrons. The summed E-state index contributed by atoms with van der Waals surface area (Å²) in [6.07, 6.45) is 3.84. The highest BCUT2D eigenvalue weighted by Crippen LogP contribution is 2.30. The van der Waals surface area contributed by atoms with Gasteiger partial charge in [0.25, 0.3) is 5.91 Å². The van der Waals surface area contributed by atoms with Crippen molar-refractivity contribution in [1.82, 2.24) is 24.6 Å². The number of carbonyl (C=O) groups is 1. The highest BCUT2D eigenvalue weighted by molar-refractivity contribution is 7.15. The summed E-state index contributed by atoms with van der Waals surface area (Å²) in [4.78, 5) is 24.6. The van der Waals surface area contributed by atoms with Crippen LogP contribution in [0.5, 0.6) is 0 Å². The molecule has 6 rings (SSSR count). The highest BCUT2D eigenvalue weighted by Gasteiger charge is 2.18. The number of nitrogens with zero attached hydrogens (tertiary/aromatic N) is 3. The van der Waals surface area contributed by atoms with Gasteiger partial charge in [0.05, 0.1) is 16.9 Å². The molecule has 7 nitrogen and oxygen atoms in total. The Kier molecular flexibility index (Phi) is 5.18.